The van der Waals surface area contributed by atoms with Crippen LogP contribution in [0.3, 0.4) is 0 Å². The van der Waals surface area contributed by atoms with Crippen molar-refractivity contribution >= 4 is 21.8 Å². The maximum absolute atomic E-state index is 12.8. The van der Waals surface area contributed by atoms with Crippen molar-refractivity contribution in [2.24, 2.45) is 0 Å². The van der Waals surface area contributed by atoms with Crippen molar-refractivity contribution in [1.82, 2.24) is 15.1 Å². The maximum Gasteiger partial charge on any atom is 0.255 e. The summed E-state index contributed by atoms with van der Waals surface area (Å²) in [6, 6.07) is 17.7. The molecule has 1 N–H and O–H groups in total. The van der Waals surface area contributed by atoms with Crippen molar-refractivity contribution in [2.75, 3.05) is 0 Å². The molecule has 0 fully saturated rings. The van der Waals surface area contributed by atoms with Gasteiger partial charge in [0.1, 0.15) is 0 Å². The number of halogens is 1. The van der Waals surface area contributed by atoms with Crippen molar-refractivity contribution < 1.29 is 4.79 Å². The van der Waals surface area contributed by atoms with Gasteiger partial charge < -0.3 is 5.32 Å². The molecule has 4 nitrogen and oxygen atoms in total. The fourth-order valence-electron chi connectivity index (χ4n) is 2.90. The average Bonchev–Trinajstić information content (AvgIpc) is 2.90. The Labute approximate surface area is 156 Å². The van der Waals surface area contributed by atoms with Gasteiger partial charge >= 0.3 is 0 Å². The number of hydrogen-bond donors (Lipinski definition) is 1. The molecule has 25 heavy (non-hydrogen) atoms. The van der Waals surface area contributed by atoms with Crippen LogP contribution in [0.5, 0.6) is 0 Å². The lowest BCUT2D eigenvalue weighted by Crippen LogP contribution is -2.27. The van der Waals surface area contributed by atoms with E-state index < -0.39 is 0 Å². The number of nitrogens with one attached hydrogen (secondary N) is 1. The van der Waals surface area contributed by atoms with Crippen LogP contribution in [0.15, 0.2) is 59.1 Å². The minimum absolute atomic E-state index is 0.0838. The van der Waals surface area contributed by atoms with Gasteiger partial charge in [-0.2, -0.15) is 5.10 Å². The van der Waals surface area contributed by atoms with Crippen molar-refractivity contribution in [3.63, 3.8) is 0 Å². The molecule has 128 valence electrons. The SMILES string of the molecule is Cc1nn(-c2ccccc2)c(C)c1C(=O)NC(C)c1ccc(Br)cc1. The monoisotopic (exact) mass is 397 g/mol. The lowest BCUT2D eigenvalue weighted by Gasteiger charge is -2.15. The van der Waals surface area contributed by atoms with E-state index in [1.807, 2.05) is 80.1 Å². The number of amides is 1. The predicted molar refractivity (Wildman–Crippen MR) is 103 cm³/mol. The molecule has 1 unspecified atom stereocenters. The first kappa shape index (κ1) is 17.4. The largest absolute Gasteiger partial charge is 0.345 e. The third-order valence-corrected chi connectivity index (χ3v) is 4.77. The van der Waals surface area contributed by atoms with E-state index in [0.717, 1.165) is 27.1 Å². The number of carbonyl (C=O) groups excluding carboxylic acids is 1. The second kappa shape index (κ2) is 7.23. The van der Waals surface area contributed by atoms with Crippen LogP contribution in [0.25, 0.3) is 5.69 Å². The molecule has 0 saturated heterocycles. The van der Waals surface area contributed by atoms with Gasteiger partial charge in [-0.3, -0.25) is 4.79 Å². The Kier molecular flexibility index (Phi) is 5.04. The minimum atomic E-state index is -0.104. The van der Waals surface area contributed by atoms with E-state index >= 15 is 0 Å². The third kappa shape index (κ3) is 3.66. The Bertz CT molecular complexity index is 885. The molecule has 0 aliphatic heterocycles. The molecule has 0 bridgehead atoms. The van der Waals surface area contributed by atoms with Gasteiger partial charge in [-0.1, -0.05) is 46.3 Å². The lowest BCUT2D eigenvalue weighted by molar-refractivity contribution is 0.0938. The Morgan fingerprint density at radius 2 is 1.72 bits per heavy atom. The van der Waals surface area contributed by atoms with Crippen molar-refractivity contribution in [2.45, 2.75) is 26.8 Å². The van der Waals surface area contributed by atoms with Gasteiger partial charge in [-0.05, 0) is 50.6 Å². The summed E-state index contributed by atoms with van der Waals surface area (Å²) in [5.41, 5.74) is 4.20. The second-order valence-electron chi connectivity index (χ2n) is 6.04. The van der Waals surface area contributed by atoms with Crippen LogP contribution in [0, 0.1) is 13.8 Å². The molecule has 5 heteroatoms. The Hall–Kier alpha value is -2.40. The van der Waals surface area contributed by atoms with E-state index in [4.69, 9.17) is 0 Å². The van der Waals surface area contributed by atoms with Crippen molar-refractivity contribution in [3.05, 3.63) is 81.6 Å². The van der Waals surface area contributed by atoms with Crippen molar-refractivity contribution in [3.8, 4) is 5.69 Å². The number of benzene rings is 2. The zero-order valence-corrected chi connectivity index (χ0v) is 16.0. The number of carbonyl (C=O) groups is 1. The average molecular weight is 398 g/mol. The molecule has 1 aromatic heterocycles. The summed E-state index contributed by atoms with van der Waals surface area (Å²) in [6.45, 7) is 5.77. The second-order valence-corrected chi connectivity index (χ2v) is 6.96. The number of aryl methyl sites for hydroxylation is 1. The molecule has 3 rings (SSSR count). The molecule has 0 radical (unpaired) electrons. The summed E-state index contributed by atoms with van der Waals surface area (Å²) < 4.78 is 2.83. The number of para-hydroxylation sites is 1. The van der Waals surface area contributed by atoms with E-state index in [2.05, 4.69) is 26.3 Å². The first-order valence-electron chi connectivity index (χ1n) is 8.15. The molecule has 0 aliphatic rings. The maximum atomic E-state index is 12.8. The van der Waals surface area contributed by atoms with Gasteiger partial charge in [0.15, 0.2) is 0 Å². The number of hydrogen-bond acceptors (Lipinski definition) is 2. The Balaban J connectivity index is 1.85. The fraction of sp³-hybridized carbons (Fsp3) is 0.200. The zero-order valence-electron chi connectivity index (χ0n) is 14.5. The first-order valence-corrected chi connectivity index (χ1v) is 8.94. The summed E-state index contributed by atoms with van der Waals surface area (Å²) in [5.74, 6) is -0.104. The molecule has 0 spiro atoms. The van der Waals surface area contributed by atoms with Crippen LogP contribution in [0.4, 0.5) is 0 Å². The molecular formula is C20H20BrN3O. The summed E-state index contributed by atoms with van der Waals surface area (Å²) in [5, 5.41) is 7.61. The van der Waals surface area contributed by atoms with E-state index in [-0.39, 0.29) is 11.9 Å². The molecule has 3 aromatic rings. The summed E-state index contributed by atoms with van der Waals surface area (Å²) >= 11 is 3.43. The van der Waals surface area contributed by atoms with E-state index in [1.54, 1.807) is 0 Å². The summed E-state index contributed by atoms with van der Waals surface area (Å²) in [4.78, 5) is 12.8. The Morgan fingerprint density at radius 1 is 1.08 bits per heavy atom. The van der Waals surface area contributed by atoms with Crippen LogP contribution in [-0.4, -0.2) is 15.7 Å². The van der Waals surface area contributed by atoms with Crippen LogP contribution < -0.4 is 5.32 Å². The molecule has 2 aromatic carbocycles. The summed E-state index contributed by atoms with van der Waals surface area (Å²) in [7, 11) is 0. The van der Waals surface area contributed by atoms with Gasteiger partial charge in [0.2, 0.25) is 0 Å². The topological polar surface area (TPSA) is 46.9 Å². The quantitative estimate of drug-likeness (QED) is 0.690. The van der Waals surface area contributed by atoms with E-state index in [0.29, 0.717) is 5.56 Å². The lowest BCUT2D eigenvalue weighted by atomic mass is 10.1. The standard InChI is InChI=1S/C20H20BrN3O/c1-13(16-9-11-17(21)12-10-16)22-20(25)19-14(2)23-24(15(19)3)18-7-5-4-6-8-18/h4-13H,1-3H3,(H,22,25). The molecule has 1 amide bonds. The Morgan fingerprint density at radius 3 is 2.36 bits per heavy atom. The van der Waals surface area contributed by atoms with E-state index in [1.165, 1.54) is 0 Å². The van der Waals surface area contributed by atoms with Crippen LogP contribution >= 0.6 is 15.9 Å². The highest BCUT2D eigenvalue weighted by Crippen LogP contribution is 2.20. The predicted octanol–water partition coefficient (Wildman–Crippen LogP) is 4.74. The third-order valence-electron chi connectivity index (χ3n) is 4.24. The smallest absolute Gasteiger partial charge is 0.255 e. The van der Waals surface area contributed by atoms with Gasteiger partial charge in [-0.25, -0.2) is 4.68 Å². The molecule has 1 heterocycles. The highest BCUT2D eigenvalue weighted by Gasteiger charge is 2.21. The highest BCUT2D eigenvalue weighted by molar-refractivity contribution is 9.10. The van der Waals surface area contributed by atoms with Crippen LogP contribution in [0.1, 0.15) is 40.3 Å². The van der Waals surface area contributed by atoms with Gasteiger partial charge in [0.25, 0.3) is 5.91 Å². The molecule has 1 atom stereocenters. The molecular weight excluding hydrogens is 378 g/mol. The summed E-state index contributed by atoms with van der Waals surface area (Å²) in [6.07, 6.45) is 0. The van der Waals surface area contributed by atoms with Crippen LogP contribution in [0.2, 0.25) is 0 Å². The highest BCUT2D eigenvalue weighted by atomic mass is 79.9. The first-order chi connectivity index (χ1) is 12.0. The van der Waals surface area contributed by atoms with Crippen LogP contribution in [-0.2, 0) is 0 Å². The van der Waals surface area contributed by atoms with E-state index in [9.17, 15) is 4.79 Å². The van der Waals surface area contributed by atoms with Crippen molar-refractivity contribution in [1.29, 1.82) is 0 Å². The van der Waals surface area contributed by atoms with Gasteiger partial charge in [0.05, 0.1) is 28.7 Å². The number of rotatable bonds is 4. The minimum Gasteiger partial charge on any atom is -0.345 e. The number of nitrogens with zero attached hydrogens (tertiary/aromatic N) is 2. The van der Waals surface area contributed by atoms with Gasteiger partial charge in [-0.15, -0.1) is 0 Å². The zero-order chi connectivity index (χ0) is 18.0. The fourth-order valence-corrected chi connectivity index (χ4v) is 3.16. The molecule has 0 aliphatic carbocycles. The number of aromatic nitrogens is 2. The normalized spacial score (nSPS) is 12.0. The van der Waals surface area contributed by atoms with Gasteiger partial charge in [0, 0.05) is 4.47 Å². The molecule has 0 saturated carbocycles.